The third kappa shape index (κ3) is 2.55. The van der Waals surface area contributed by atoms with E-state index in [1.807, 2.05) is 0 Å². The maximum Gasteiger partial charge on any atom is -0.00208 e. The first-order valence-corrected chi connectivity index (χ1v) is 6.99. The highest BCUT2D eigenvalue weighted by atomic mass is 14.8. The minimum absolute atomic E-state index is 0.992. The molecule has 2 fully saturated rings. The van der Waals surface area contributed by atoms with Crippen LogP contribution >= 0.6 is 0 Å². The summed E-state index contributed by atoms with van der Waals surface area (Å²) in [4.78, 5) is 0. The van der Waals surface area contributed by atoms with Crippen molar-refractivity contribution in [2.24, 2.45) is 23.7 Å². The van der Waals surface area contributed by atoms with Crippen molar-refractivity contribution in [3.8, 4) is 0 Å². The number of nitrogens with one attached hydrogen (secondary N) is 1. The molecule has 4 atom stereocenters. The van der Waals surface area contributed by atoms with Crippen LogP contribution < -0.4 is 5.32 Å². The molecule has 88 valence electrons. The molecule has 2 rings (SSSR count). The molecule has 0 aliphatic heterocycles. The van der Waals surface area contributed by atoms with Crippen LogP contribution in [0.3, 0.4) is 0 Å². The van der Waals surface area contributed by atoms with E-state index in [1.54, 1.807) is 6.42 Å². The molecule has 2 saturated carbocycles. The normalized spacial score (nSPS) is 41.2. The molecule has 0 radical (unpaired) electrons. The second-order valence-corrected chi connectivity index (χ2v) is 5.76. The highest BCUT2D eigenvalue weighted by Gasteiger charge is 2.36. The summed E-state index contributed by atoms with van der Waals surface area (Å²) < 4.78 is 0. The number of hydrogen-bond acceptors (Lipinski definition) is 1. The van der Waals surface area contributed by atoms with Gasteiger partial charge in [0.2, 0.25) is 0 Å². The summed E-state index contributed by atoms with van der Waals surface area (Å²) in [6, 6.07) is 0. The molecule has 0 amide bonds. The molecule has 2 aliphatic carbocycles. The second kappa shape index (κ2) is 5.34. The molecule has 0 bridgehead atoms. The van der Waals surface area contributed by atoms with Gasteiger partial charge in [-0.2, -0.15) is 0 Å². The zero-order chi connectivity index (χ0) is 10.7. The van der Waals surface area contributed by atoms with Crippen LogP contribution in [0.2, 0.25) is 0 Å². The SMILES string of the molecule is CCC1CCC2C(CNC)CCCC2C1. The van der Waals surface area contributed by atoms with Crippen LogP contribution in [-0.4, -0.2) is 13.6 Å². The summed E-state index contributed by atoms with van der Waals surface area (Å²) in [6.45, 7) is 3.64. The van der Waals surface area contributed by atoms with Crippen LogP contribution in [0.15, 0.2) is 0 Å². The molecule has 0 aromatic carbocycles. The van der Waals surface area contributed by atoms with Crippen LogP contribution in [0.25, 0.3) is 0 Å². The van der Waals surface area contributed by atoms with E-state index in [-0.39, 0.29) is 0 Å². The fourth-order valence-electron chi connectivity index (χ4n) is 4.08. The van der Waals surface area contributed by atoms with Gasteiger partial charge in [-0.25, -0.2) is 0 Å². The first-order valence-electron chi connectivity index (χ1n) is 6.99. The third-order valence-electron chi connectivity index (χ3n) is 4.95. The predicted molar refractivity (Wildman–Crippen MR) is 65.9 cm³/mol. The van der Waals surface area contributed by atoms with E-state index < -0.39 is 0 Å². The van der Waals surface area contributed by atoms with Crippen molar-refractivity contribution in [3.05, 3.63) is 0 Å². The van der Waals surface area contributed by atoms with Crippen molar-refractivity contribution in [1.29, 1.82) is 0 Å². The fourth-order valence-corrected chi connectivity index (χ4v) is 4.08. The smallest absolute Gasteiger partial charge is 0.00208 e. The summed E-state index contributed by atoms with van der Waals surface area (Å²) in [5, 5.41) is 3.40. The van der Waals surface area contributed by atoms with Crippen LogP contribution in [0.5, 0.6) is 0 Å². The average Bonchev–Trinajstić information content (AvgIpc) is 2.29. The van der Waals surface area contributed by atoms with E-state index in [9.17, 15) is 0 Å². The molecule has 1 nitrogen and oxygen atoms in total. The second-order valence-electron chi connectivity index (χ2n) is 5.76. The van der Waals surface area contributed by atoms with E-state index in [0.29, 0.717) is 0 Å². The molecule has 1 N–H and O–H groups in total. The molecular weight excluding hydrogens is 182 g/mol. The lowest BCUT2D eigenvalue weighted by Gasteiger charge is -2.44. The molecule has 1 heteroatoms. The summed E-state index contributed by atoms with van der Waals surface area (Å²) in [6.07, 6.45) is 10.5. The Labute approximate surface area is 95.0 Å². The summed E-state index contributed by atoms with van der Waals surface area (Å²) in [7, 11) is 2.11. The first kappa shape index (κ1) is 11.4. The van der Waals surface area contributed by atoms with E-state index >= 15 is 0 Å². The van der Waals surface area contributed by atoms with Crippen molar-refractivity contribution in [2.75, 3.05) is 13.6 Å². The van der Waals surface area contributed by atoms with Gasteiger partial charge in [-0.15, -0.1) is 0 Å². The van der Waals surface area contributed by atoms with Crippen molar-refractivity contribution >= 4 is 0 Å². The number of fused-ring (bicyclic) bond motifs is 1. The van der Waals surface area contributed by atoms with Gasteiger partial charge in [0, 0.05) is 0 Å². The summed E-state index contributed by atoms with van der Waals surface area (Å²) >= 11 is 0. The standard InChI is InChI=1S/C14H27N/c1-3-11-7-8-14-12(9-11)5-4-6-13(14)10-15-2/h11-15H,3-10H2,1-2H3. The van der Waals surface area contributed by atoms with Crippen LogP contribution in [0.4, 0.5) is 0 Å². The number of rotatable bonds is 3. The molecular formula is C14H27N. The Morgan fingerprint density at radius 3 is 2.73 bits per heavy atom. The fraction of sp³-hybridized carbons (Fsp3) is 1.00. The average molecular weight is 209 g/mol. The summed E-state index contributed by atoms with van der Waals surface area (Å²) in [5.41, 5.74) is 0. The van der Waals surface area contributed by atoms with Gasteiger partial charge in [-0.05, 0) is 56.5 Å². The minimum atomic E-state index is 0.992. The van der Waals surface area contributed by atoms with E-state index in [1.165, 1.54) is 45.1 Å². The maximum absolute atomic E-state index is 3.40. The monoisotopic (exact) mass is 209 g/mol. The predicted octanol–water partition coefficient (Wildman–Crippen LogP) is 3.45. The van der Waals surface area contributed by atoms with Gasteiger partial charge in [0.15, 0.2) is 0 Å². The Morgan fingerprint density at radius 2 is 2.00 bits per heavy atom. The lowest BCUT2D eigenvalue weighted by Crippen LogP contribution is -2.37. The van der Waals surface area contributed by atoms with Crippen LogP contribution in [-0.2, 0) is 0 Å². The van der Waals surface area contributed by atoms with Gasteiger partial charge in [0.25, 0.3) is 0 Å². The molecule has 0 aromatic rings. The van der Waals surface area contributed by atoms with Gasteiger partial charge in [0.05, 0.1) is 0 Å². The van der Waals surface area contributed by atoms with Gasteiger partial charge >= 0.3 is 0 Å². The van der Waals surface area contributed by atoms with Gasteiger partial charge in [0.1, 0.15) is 0 Å². The first-order chi connectivity index (χ1) is 7.35. The molecule has 0 saturated heterocycles. The highest BCUT2D eigenvalue weighted by molar-refractivity contribution is 4.88. The lowest BCUT2D eigenvalue weighted by atomic mass is 9.62. The Bertz CT molecular complexity index is 188. The summed E-state index contributed by atoms with van der Waals surface area (Å²) in [5.74, 6) is 4.19. The molecule has 0 aromatic heterocycles. The van der Waals surface area contributed by atoms with E-state index in [4.69, 9.17) is 0 Å². The molecule has 0 heterocycles. The largest absolute Gasteiger partial charge is 0.319 e. The van der Waals surface area contributed by atoms with E-state index in [2.05, 4.69) is 19.3 Å². The van der Waals surface area contributed by atoms with Crippen molar-refractivity contribution in [1.82, 2.24) is 5.32 Å². The van der Waals surface area contributed by atoms with Crippen LogP contribution in [0.1, 0.15) is 51.9 Å². The van der Waals surface area contributed by atoms with Gasteiger partial charge < -0.3 is 5.32 Å². The minimum Gasteiger partial charge on any atom is -0.319 e. The molecule has 4 unspecified atom stereocenters. The van der Waals surface area contributed by atoms with Crippen molar-refractivity contribution < 1.29 is 0 Å². The Kier molecular flexibility index (Phi) is 4.07. The Balaban J connectivity index is 1.93. The lowest BCUT2D eigenvalue weighted by molar-refractivity contribution is 0.0747. The van der Waals surface area contributed by atoms with E-state index in [0.717, 1.165) is 23.7 Å². The maximum atomic E-state index is 3.40. The van der Waals surface area contributed by atoms with Crippen molar-refractivity contribution in [2.45, 2.75) is 51.9 Å². The topological polar surface area (TPSA) is 12.0 Å². The number of hydrogen-bond donors (Lipinski definition) is 1. The van der Waals surface area contributed by atoms with Crippen LogP contribution in [0, 0.1) is 23.7 Å². The Morgan fingerprint density at radius 1 is 1.13 bits per heavy atom. The zero-order valence-corrected chi connectivity index (χ0v) is 10.5. The Hall–Kier alpha value is -0.0400. The van der Waals surface area contributed by atoms with Gasteiger partial charge in [-0.3, -0.25) is 0 Å². The molecule has 0 spiro atoms. The van der Waals surface area contributed by atoms with Crippen molar-refractivity contribution in [3.63, 3.8) is 0 Å². The highest BCUT2D eigenvalue weighted by Crippen LogP contribution is 2.46. The quantitative estimate of drug-likeness (QED) is 0.750. The molecule has 2 aliphatic rings. The van der Waals surface area contributed by atoms with Gasteiger partial charge in [-0.1, -0.05) is 32.6 Å². The molecule has 15 heavy (non-hydrogen) atoms. The zero-order valence-electron chi connectivity index (χ0n) is 10.5. The third-order valence-corrected chi connectivity index (χ3v) is 4.95.